The zero-order chi connectivity index (χ0) is 38.2. The molecule has 8 rings (SSSR count). The Labute approximate surface area is 317 Å². The third-order valence-electron chi connectivity index (χ3n) is 11.2. The fraction of sp³-hybridized carbons (Fsp3) is 0.455. The van der Waals surface area contributed by atoms with E-state index in [2.05, 4.69) is 89.8 Å². The van der Waals surface area contributed by atoms with E-state index in [0.29, 0.717) is 0 Å². The van der Waals surface area contributed by atoms with Gasteiger partial charge in [0.1, 0.15) is 22.9 Å². The number of piperidine rings is 1. The second-order valence-corrected chi connectivity index (χ2v) is 18.4. The summed E-state index contributed by atoms with van der Waals surface area (Å²) in [6.45, 7) is 15.8. The second-order valence-electron chi connectivity index (χ2n) is 18.4. The molecule has 10 heteroatoms. The van der Waals surface area contributed by atoms with Crippen LogP contribution in [0.15, 0.2) is 73.1 Å². The van der Waals surface area contributed by atoms with Gasteiger partial charge in [-0.25, -0.2) is 19.6 Å². The number of benzene rings is 3. The number of imidazole rings is 2. The van der Waals surface area contributed by atoms with Gasteiger partial charge in [0, 0.05) is 11.6 Å². The third kappa shape index (κ3) is 7.48. The van der Waals surface area contributed by atoms with Crippen molar-refractivity contribution in [1.82, 2.24) is 30.2 Å². The van der Waals surface area contributed by atoms with Crippen LogP contribution < -0.4 is 5.32 Å². The van der Waals surface area contributed by atoms with Gasteiger partial charge >= 0.3 is 12.2 Å². The van der Waals surface area contributed by atoms with Crippen LogP contribution in [-0.4, -0.2) is 54.3 Å². The first-order valence-electron chi connectivity index (χ1n) is 19.2. The average Bonchev–Trinajstić information content (AvgIpc) is 3.68. The zero-order valence-corrected chi connectivity index (χ0v) is 32.7. The Morgan fingerprint density at radius 3 is 2.06 bits per heavy atom. The fourth-order valence-corrected chi connectivity index (χ4v) is 7.92. The molecular formula is C44H52N6O4. The van der Waals surface area contributed by atoms with Crippen LogP contribution >= 0.6 is 0 Å². The topological polar surface area (TPSA) is 125 Å². The van der Waals surface area contributed by atoms with E-state index in [1.807, 2.05) is 58.8 Å². The van der Waals surface area contributed by atoms with Crippen LogP contribution in [0.25, 0.3) is 44.4 Å². The summed E-state index contributed by atoms with van der Waals surface area (Å²) in [5.41, 5.74) is 5.35. The summed E-state index contributed by atoms with van der Waals surface area (Å²) in [5, 5.41) is 5.34. The molecule has 0 spiro atoms. The predicted molar refractivity (Wildman–Crippen MR) is 211 cm³/mol. The molecule has 3 aliphatic rings. The minimum absolute atomic E-state index is 0.123. The van der Waals surface area contributed by atoms with Gasteiger partial charge in [0.15, 0.2) is 0 Å². The van der Waals surface area contributed by atoms with Crippen molar-refractivity contribution < 1.29 is 19.1 Å². The number of alkyl carbamates (subject to hydrolysis) is 1. The lowest BCUT2D eigenvalue weighted by atomic mass is 9.98. The normalized spacial score (nSPS) is 22.1. The van der Waals surface area contributed by atoms with Crippen LogP contribution in [0.3, 0.4) is 0 Å². The molecule has 5 aromatic rings. The van der Waals surface area contributed by atoms with Gasteiger partial charge < -0.3 is 24.8 Å². The van der Waals surface area contributed by atoms with Gasteiger partial charge in [-0.15, -0.1) is 0 Å². The highest BCUT2D eigenvalue weighted by molar-refractivity contribution is 5.90. The standard InChI is InChI=1S/C44H52N6O4/c1-41(2,3)53-39(51)49-32(21-43(7)17-18-43)37-45-24-33(47-37)27-11-9-26(10-12-27)28-13-14-30-20-31(16-15-29(30)19-28)34-25-46-38(48-34)35-22-44(8)23-36(44)50(35)40(52)54-42(4,5)6/h9-16,19-20,24-25,32,35-36H,17-18,21-23H2,1-8H3,(H,45,47)(H,46,48)(H,49,51). The van der Waals surface area contributed by atoms with Crippen molar-refractivity contribution >= 4 is 23.0 Å². The average molecular weight is 729 g/mol. The number of nitrogens with one attached hydrogen (secondary N) is 3. The quantitative estimate of drug-likeness (QED) is 0.146. The molecule has 0 radical (unpaired) electrons. The van der Waals surface area contributed by atoms with Crippen LogP contribution in [0.2, 0.25) is 0 Å². The maximum Gasteiger partial charge on any atom is 0.411 e. The molecule has 3 fully saturated rings. The number of aromatic amines is 2. The number of nitrogens with zero attached hydrogens (tertiary/aromatic N) is 3. The number of amides is 2. The Morgan fingerprint density at radius 1 is 0.796 bits per heavy atom. The maximum atomic E-state index is 13.2. The second kappa shape index (κ2) is 12.7. The first kappa shape index (κ1) is 35.9. The van der Waals surface area contributed by atoms with Crippen LogP contribution in [0, 0.1) is 10.8 Å². The number of rotatable bonds is 8. The lowest BCUT2D eigenvalue weighted by molar-refractivity contribution is 0.0174. The number of fused-ring (bicyclic) bond motifs is 2. The highest BCUT2D eigenvalue weighted by Crippen LogP contribution is 2.63. The number of ether oxygens (including phenoxy) is 2. The van der Waals surface area contributed by atoms with Crippen LogP contribution in [0.5, 0.6) is 0 Å². The van der Waals surface area contributed by atoms with Crippen molar-refractivity contribution in [3.8, 4) is 33.6 Å². The zero-order valence-electron chi connectivity index (χ0n) is 32.7. The van der Waals surface area contributed by atoms with Crippen LogP contribution in [-0.2, 0) is 9.47 Å². The van der Waals surface area contributed by atoms with Gasteiger partial charge in [0.25, 0.3) is 0 Å². The van der Waals surface area contributed by atoms with Gasteiger partial charge in [0.2, 0.25) is 0 Å². The first-order valence-corrected chi connectivity index (χ1v) is 19.2. The molecule has 282 valence electrons. The van der Waals surface area contributed by atoms with E-state index in [1.165, 1.54) is 0 Å². The number of hydrogen-bond acceptors (Lipinski definition) is 6. The molecule has 0 bridgehead atoms. The summed E-state index contributed by atoms with van der Waals surface area (Å²) >= 11 is 0. The fourth-order valence-electron chi connectivity index (χ4n) is 7.92. The lowest BCUT2D eigenvalue weighted by Crippen LogP contribution is -2.38. The van der Waals surface area contributed by atoms with E-state index in [-0.39, 0.29) is 35.0 Å². The summed E-state index contributed by atoms with van der Waals surface area (Å²) in [6, 6.07) is 21.3. The van der Waals surface area contributed by atoms with E-state index in [1.54, 1.807) is 0 Å². The van der Waals surface area contributed by atoms with Crippen molar-refractivity contribution in [1.29, 1.82) is 0 Å². The van der Waals surface area contributed by atoms with E-state index < -0.39 is 17.3 Å². The molecule has 3 aromatic carbocycles. The van der Waals surface area contributed by atoms with Crippen molar-refractivity contribution in [2.45, 2.75) is 117 Å². The largest absolute Gasteiger partial charge is 0.444 e. The Bertz CT molecular complexity index is 2220. The molecule has 4 atom stereocenters. The number of aromatic nitrogens is 4. The van der Waals surface area contributed by atoms with Gasteiger partial charge in [0.05, 0.1) is 35.9 Å². The number of H-pyrrole nitrogens is 2. The molecule has 1 saturated heterocycles. The highest BCUT2D eigenvalue weighted by atomic mass is 16.6. The van der Waals surface area contributed by atoms with Gasteiger partial charge in [-0.05, 0) is 124 Å². The van der Waals surface area contributed by atoms with E-state index in [4.69, 9.17) is 19.4 Å². The minimum atomic E-state index is -0.573. The lowest BCUT2D eigenvalue weighted by Gasteiger charge is -2.29. The summed E-state index contributed by atoms with van der Waals surface area (Å²) in [4.78, 5) is 44.3. The first-order chi connectivity index (χ1) is 25.4. The number of carbonyl (C=O) groups excluding carboxylic acids is 2. The van der Waals surface area contributed by atoms with E-state index in [9.17, 15) is 9.59 Å². The molecule has 4 unspecified atom stereocenters. The molecule has 2 aromatic heterocycles. The summed E-state index contributed by atoms with van der Waals surface area (Å²) < 4.78 is 11.4. The molecule has 3 heterocycles. The SMILES string of the molecule is CC1(CC(NC(=O)OC(C)(C)C)c2ncc(-c3ccc(-c4ccc5cc(-c6cnc(C7CC8(C)CC8N7C(=O)OC(C)(C)C)[nH]6)ccc5c4)cc3)[nH]2)CC1. The van der Waals surface area contributed by atoms with Crippen LogP contribution in [0.1, 0.15) is 111 Å². The minimum Gasteiger partial charge on any atom is -0.444 e. The Balaban J connectivity index is 0.962. The van der Waals surface area contributed by atoms with E-state index >= 15 is 0 Å². The molecule has 10 nitrogen and oxygen atoms in total. The molecule has 1 aliphatic heterocycles. The van der Waals surface area contributed by atoms with Gasteiger partial charge in [-0.2, -0.15) is 0 Å². The van der Waals surface area contributed by atoms with Crippen molar-refractivity contribution in [2.24, 2.45) is 10.8 Å². The third-order valence-corrected chi connectivity index (χ3v) is 11.2. The Kier molecular flexibility index (Phi) is 8.47. The summed E-state index contributed by atoms with van der Waals surface area (Å²) in [5.74, 6) is 1.54. The number of carbonyl (C=O) groups is 2. The number of hydrogen-bond donors (Lipinski definition) is 3. The molecular weight excluding hydrogens is 677 g/mol. The van der Waals surface area contributed by atoms with Gasteiger partial charge in [-0.3, -0.25) is 4.90 Å². The predicted octanol–water partition coefficient (Wildman–Crippen LogP) is 10.5. The van der Waals surface area contributed by atoms with Crippen molar-refractivity contribution in [3.63, 3.8) is 0 Å². The van der Waals surface area contributed by atoms with Crippen molar-refractivity contribution in [3.05, 3.63) is 84.7 Å². The van der Waals surface area contributed by atoms with E-state index in [0.717, 1.165) is 88.2 Å². The van der Waals surface area contributed by atoms with Crippen LogP contribution in [0.4, 0.5) is 9.59 Å². The monoisotopic (exact) mass is 728 g/mol. The Hall–Kier alpha value is -5.12. The highest BCUT2D eigenvalue weighted by Gasteiger charge is 2.64. The molecule has 2 aliphatic carbocycles. The maximum absolute atomic E-state index is 13.2. The summed E-state index contributed by atoms with van der Waals surface area (Å²) in [6.07, 6.45) is 8.00. The molecule has 3 N–H and O–H groups in total. The molecule has 2 saturated carbocycles. The smallest absolute Gasteiger partial charge is 0.411 e. The van der Waals surface area contributed by atoms with Crippen molar-refractivity contribution in [2.75, 3.05) is 0 Å². The summed E-state index contributed by atoms with van der Waals surface area (Å²) in [7, 11) is 0. The molecule has 54 heavy (non-hydrogen) atoms. The van der Waals surface area contributed by atoms with Gasteiger partial charge in [-0.1, -0.05) is 62.4 Å². The molecule has 2 amide bonds. The Morgan fingerprint density at radius 2 is 1.39 bits per heavy atom. The number of likely N-dealkylation sites (tertiary alicyclic amines) is 1.